The Hall–Kier alpha value is -1.99. The molecule has 24 heavy (non-hydrogen) atoms. The number of nitrogens with zero attached hydrogens (tertiary/aromatic N) is 1. The van der Waals surface area contributed by atoms with Gasteiger partial charge in [0.1, 0.15) is 12.7 Å². The van der Waals surface area contributed by atoms with Crippen LogP contribution in [0.25, 0.3) is 0 Å². The third kappa shape index (κ3) is 4.10. The maximum Gasteiger partial charge on any atom is 0.416 e. The molecular weight excluding hydrogens is 345 g/mol. The second-order valence-corrected chi connectivity index (χ2v) is 5.75. The minimum Gasteiger partial charge on any atom is -0.484 e. The molecule has 3 rings (SSSR count). The van der Waals surface area contributed by atoms with Crippen molar-refractivity contribution in [2.75, 3.05) is 13.1 Å². The van der Waals surface area contributed by atoms with E-state index in [4.69, 9.17) is 21.1 Å². The van der Waals surface area contributed by atoms with Gasteiger partial charge in [-0.15, -0.1) is 0 Å². The Balaban J connectivity index is 1.72. The van der Waals surface area contributed by atoms with E-state index in [2.05, 4.69) is 10.3 Å². The summed E-state index contributed by atoms with van der Waals surface area (Å²) in [5, 5.41) is 3.57. The second-order valence-electron chi connectivity index (χ2n) is 5.31. The lowest BCUT2D eigenvalue weighted by atomic mass is 10.2. The van der Waals surface area contributed by atoms with Crippen molar-refractivity contribution in [1.29, 1.82) is 0 Å². The fourth-order valence-electron chi connectivity index (χ4n) is 2.10. The molecule has 0 amide bonds. The quantitative estimate of drug-likeness (QED) is 0.885. The molecule has 1 aromatic heterocycles. The van der Waals surface area contributed by atoms with Gasteiger partial charge in [-0.2, -0.15) is 13.2 Å². The molecule has 0 saturated carbocycles. The SMILES string of the molecule is FC(F)(F)c1ccnc(COc2ccc(Cl)cc2OC2CNC2)c1. The van der Waals surface area contributed by atoms with Crippen LogP contribution in [0.3, 0.4) is 0 Å². The number of pyridine rings is 1. The number of benzene rings is 1. The van der Waals surface area contributed by atoms with Gasteiger partial charge in [-0.25, -0.2) is 0 Å². The van der Waals surface area contributed by atoms with Gasteiger partial charge in [-0.05, 0) is 24.3 Å². The highest BCUT2D eigenvalue weighted by Gasteiger charge is 2.30. The normalized spacial score (nSPS) is 15.0. The van der Waals surface area contributed by atoms with Gasteiger partial charge < -0.3 is 14.8 Å². The number of rotatable bonds is 5. The summed E-state index contributed by atoms with van der Waals surface area (Å²) in [4.78, 5) is 3.90. The van der Waals surface area contributed by atoms with Crippen LogP contribution in [-0.2, 0) is 12.8 Å². The molecule has 1 aliphatic rings. The van der Waals surface area contributed by atoms with E-state index in [0.717, 1.165) is 31.4 Å². The minimum atomic E-state index is -4.41. The maximum atomic E-state index is 12.7. The first-order chi connectivity index (χ1) is 11.4. The molecule has 128 valence electrons. The highest BCUT2D eigenvalue weighted by molar-refractivity contribution is 6.30. The van der Waals surface area contributed by atoms with Gasteiger partial charge in [0.05, 0.1) is 11.3 Å². The Morgan fingerprint density at radius 2 is 1.96 bits per heavy atom. The molecule has 0 atom stereocenters. The number of hydrogen-bond acceptors (Lipinski definition) is 4. The average Bonchev–Trinajstić information content (AvgIpc) is 2.49. The van der Waals surface area contributed by atoms with Crippen LogP contribution in [0, 0.1) is 0 Å². The van der Waals surface area contributed by atoms with E-state index < -0.39 is 11.7 Å². The van der Waals surface area contributed by atoms with Crippen LogP contribution >= 0.6 is 11.6 Å². The largest absolute Gasteiger partial charge is 0.484 e. The molecule has 0 unspecified atom stereocenters. The first-order valence-electron chi connectivity index (χ1n) is 7.23. The summed E-state index contributed by atoms with van der Waals surface area (Å²) >= 11 is 5.96. The van der Waals surface area contributed by atoms with Crippen molar-refractivity contribution in [3.8, 4) is 11.5 Å². The summed E-state index contributed by atoms with van der Waals surface area (Å²) in [6.45, 7) is 1.34. The number of hydrogen-bond donors (Lipinski definition) is 1. The Labute approximate surface area is 141 Å². The molecule has 1 aliphatic heterocycles. The zero-order chi connectivity index (χ0) is 17.2. The fourth-order valence-corrected chi connectivity index (χ4v) is 2.27. The summed E-state index contributed by atoms with van der Waals surface area (Å²) in [5.74, 6) is 0.867. The lowest BCUT2D eigenvalue weighted by Gasteiger charge is -2.28. The van der Waals surface area contributed by atoms with E-state index in [9.17, 15) is 13.2 Å². The Bertz CT molecular complexity index is 721. The third-order valence-corrected chi connectivity index (χ3v) is 3.70. The lowest BCUT2D eigenvalue weighted by Crippen LogP contribution is -2.50. The van der Waals surface area contributed by atoms with Crippen molar-refractivity contribution < 1.29 is 22.6 Å². The third-order valence-electron chi connectivity index (χ3n) is 3.46. The predicted molar refractivity (Wildman–Crippen MR) is 82.3 cm³/mol. The summed E-state index contributed by atoms with van der Waals surface area (Å²) in [6.07, 6.45) is -3.28. The highest BCUT2D eigenvalue weighted by atomic mass is 35.5. The Kier molecular flexibility index (Phi) is 4.82. The molecule has 2 aromatic rings. The lowest BCUT2D eigenvalue weighted by molar-refractivity contribution is -0.137. The summed E-state index contributed by atoms with van der Waals surface area (Å²) < 4.78 is 49.5. The average molecular weight is 359 g/mol. The summed E-state index contributed by atoms with van der Waals surface area (Å²) in [6, 6.07) is 6.75. The molecule has 1 aromatic carbocycles. The van der Waals surface area contributed by atoms with Crippen molar-refractivity contribution in [3.63, 3.8) is 0 Å². The van der Waals surface area contributed by atoms with Crippen molar-refractivity contribution in [3.05, 3.63) is 52.8 Å². The molecule has 1 saturated heterocycles. The Morgan fingerprint density at radius 1 is 1.17 bits per heavy atom. The van der Waals surface area contributed by atoms with E-state index in [-0.39, 0.29) is 18.4 Å². The molecule has 1 fully saturated rings. The number of alkyl halides is 3. The zero-order valence-electron chi connectivity index (χ0n) is 12.4. The van der Waals surface area contributed by atoms with E-state index in [1.54, 1.807) is 18.2 Å². The highest BCUT2D eigenvalue weighted by Crippen LogP contribution is 2.33. The van der Waals surface area contributed by atoms with Crippen molar-refractivity contribution in [1.82, 2.24) is 10.3 Å². The molecule has 1 N–H and O–H groups in total. The monoisotopic (exact) mass is 358 g/mol. The molecule has 2 heterocycles. The van der Waals surface area contributed by atoms with Gasteiger partial charge in [0, 0.05) is 30.4 Å². The van der Waals surface area contributed by atoms with Crippen LogP contribution in [0.5, 0.6) is 11.5 Å². The number of aromatic nitrogens is 1. The molecule has 8 heteroatoms. The zero-order valence-corrected chi connectivity index (χ0v) is 13.2. The van der Waals surface area contributed by atoms with E-state index >= 15 is 0 Å². The first kappa shape index (κ1) is 16.9. The van der Waals surface area contributed by atoms with Crippen molar-refractivity contribution >= 4 is 11.6 Å². The second kappa shape index (κ2) is 6.86. The molecular formula is C16H14ClF3N2O2. The van der Waals surface area contributed by atoms with E-state index in [0.29, 0.717) is 16.5 Å². The van der Waals surface area contributed by atoms with E-state index in [1.165, 1.54) is 0 Å². The van der Waals surface area contributed by atoms with Crippen molar-refractivity contribution in [2.24, 2.45) is 0 Å². The van der Waals surface area contributed by atoms with E-state index in [1.807, 2.05) is 0 Å². The van der Waals surface area contributed by atoms with Crippen LogP contribution < -0.4 is 14.8 Å². The predicted octanol–water partition coefficient (Wildman–Crippen LogP) is 3.68. The van der Waals surface area contributed by atoms with Gasteiger partial charge in [0.25, 0.3) is 0 Å². The van der Waals surface area contributed by atoms with Crippen molar-refractivity contribution in [2.45, 2.75) is 18.9 Å². The topological polar surface area (TPSA) is 43.4 Å². The Morgan fingerprint density at radius 3 is 2.62 bits per heavy atom. The van der Waals surface area contributed by atoms with Crippen LogP contribution in [0.4, 0.5) is 13.2 Å². The number of halogens is 4. The van der Waals surface area contributed by atoms with Gasteiger partial charge in [-0.1, -0.05) is 11.6 Å². The van der Waals surface area contributed by atoms with Gasteiger partial charge in [0.15, 0.2) is 11.5 Å². The maximum absolute atomic E-state index is 12.7. The van der Waals surface area contributed by atoms with Gasteiger partial charge >= 0.3 is 6.18 Å². The molecule has 0 spiro atoms. The van der Waals surface area contributed by atoms with Crippen LogP contribution in [-0.4, -0.2) is 24.2 Å². The fraction of sp³-hybridized carbons (Fsp3) is 0.312. The van der Waals surface area contributed by atoms with Crippen LogP contribution in [0.1, 0.15) is 11.3 Å². The first-order valence-corrected chi connectivity index (χ1v) is 7.61. The summed E-state index contributed by atoms with van der Waals surface area (Å²) in [5.41, 5.74) is -0.583. The van der Waals surface area contributed by atoms with Gasteiger partial charge in [0.2, 0.25) is 0 Å². The number of nitrogens with one attached hydrogen (secondary N) is 1. The van der Waals surface area contributed by atoms with Crippen LogP contribution in [0.15, 0.2) is 36.5 Å². The number of ether oxygens (including phenoxy) is 2. The standard InChI is InChI=1S/C16H14ClF3N2O2/c17-11-1-2-14(15(6-11)24-13-7-21-8-13)23-9-12-5-10(3-4-22-12)16(18,19)20/h1-6,13,21H,7-9H2. The van der Waals surface area contributed by atoms with Gasteiger partial charge in [-0.3, -0.25) is 4.98 Å². The molecule has 4 nitrogen and oxygen atoms in total. The molecule has 0 bridgehead atoms. The molecule has 0 radical (unpaired) electrons. The molecule has 0 aliphatic carbocycles. The summed E-state index contributed by atoms with van der Waals surface area (Å²) in [7, 11) is 0. The smallest absolute Gasteiger partial charge is 0.416 e. The van der Waals surface area contributed by atoms with Crippen LogP contribution in [0.2, 0.25) is 5.02 Å². The minimum absolute atomic E-state index is 0.0255.